The van der Waals surface area contributed by atoms with E-state index in [1.165, 1.54) is 12.1 Å². The lowest BCUT2D eigenvalue weighted by Gasteiger charge is -2.41. The molecule has 216 valence electrons. The number of aliphatic hydroxyl groups is 1. The lowest BCUT2D eigenvalue weighted by Crippen LogP contribution is -2.63. The molecular formula is C23H31N3O13. The van der Waals surface area contributed by atoms with Crippen LogP contribution in [0.3, 0.4) is 0 Å². The molecule has 0 saturated carbocycles. The molecule has 1 aliphatic rings. The van der Waals surface area contributed by atoms with Crippen molar-refractivity contribution in [1.82, 2.24) is 10.2 Å². The summed E-state index contributed by atoms with van der Waals surface area (Å²) >= 11 is 0. The van der Waals surface area contributed by atoms with E-state index in [0.717, 1.165) is 27.0 Å². The minimum absolute atomic E-state index is 0.249. The van der Waals surface area contributed by atoms with Gasteiger partial charge in [0.25, 0.3) is 0 Å². The summed E-state index contributed by atoms with van der Waals surface area (Å²) in [6.07, 6.45) is -9.33. The van der Waals surface area contributed by atoms with E-state index in [1.54, 1.807) is 0 Å². The highest BCUT2D eigenvalue weighted by Crippen LogP contribution is 2.34. The van der Waals surface area contributed by atoms with E-state index in [1.807, 2.05) is 19.0 Å². The topological polar surface area (TPSA) is 202 Å². The molecule has 1 saturated heterocycles. The number of hydrogen-bond donors (Lipinski definition) is 2. The van der Waals surface area contributed by atoms with Crippen molar-refractivity contribution in [1.29, 1.82) is 0 Å². The van der Waals surface area contributed by atoms with Gasteiger partial charge in [-0.1, -0.05) is 6.07 Å². The van der Waals surface area contributed by atoms with Gasteiger partial charge in [-0.25, -0.2) is 9.59 Å². The first kappa shape index (κ1) is 31.2. The number of hydrogen-bond acceptors (Lipinski definition) is 14. The lowest BCUT2D eigenvalue weighted by molar-refractivity contribution is -0.387. The number of rotatable bonds is 11. The molecule has 0 spiro atoms. The van der Waals surface area contributed by atoms with E-state index in [2.05, 4.69) is 10.1 Å². The second-order valence-corrected chi connectivity index (χ2v) is 8.57. The summed E-state index contributed by atoms with van der Waals surface area (Å²) in [5, 5.41) is 24.9. The zero-order chi connectivity index (χ0) is 29.3. The van der Waals surface area contributed by atoms with Crippen LogP contribution in [0.5, 0.6) is 5.75 Å². The van der Waals surface area contributed by atoms with Gasteiger partial charge < -0.3 is 43.7 Å². The summed E-state index contributed by atoms with van der Waals surface area (Å²) in [7, 11) is 4.68. The molecular weight excluding hydrogens is 526 g/mol. The van der Waals surface area contributed by atoms with Crippen molar-refractivity contribution >= 4 is 29.7 Å². The third-order valence-corrected chi connectivity index (χ3v) is 5.22. The van der Waals surface area contributed by atoms with Crippen LogP contribution in [0.15, 0.2) is 18.2 Å². The van der Waals surface area contributed by atoms with Crippen molar-refractivity contribution in [2.45, 2.75) is 51.2 Å². The number of nitrogens with zero attached hydrogens (tertiary/aromatic N) is 2. The molecule has 16 heteroatoms. The number of nitro groups is 1. The van der Waals surface area contributed by atoms with Crippen molar-refractivity contribution in [3.05, 3.63) is 33.9 Å². The highest BCUT2D eigenvalue weighted by Gasteiger charge is 2.53. The quantitative estimate of drug-likeness (QED) is 0.158. The number of carbonyl (C=O) groups excluding carboxylic acids is 4. The fourth-order valence-corrected chi connectivity index (χ4v) is 3.47. The van der Waals surface area contributed by atoms with Crippen molar-refractivity contribution in [3.63, 3.8) is 0 Å². The molecule has 0 aliphatic carbocycles. The molecule has 2 rings (SSSR count). The third-order valence-electron chi connectivity index (χ3n) is 5.22. The average molecular weight is 558 g/mol. The molecule has 16 nitrogen and oxygen atoms in total. The molecule has 1 aliphatic heterocycles. The zero-order valence-corrected chi connectivity index (χ0v) is 22.0. The van der Waals surface area contributed by atoms with Gasteiger partial charge in [-0.15, -0.1) is 0 Å². The molecule has 2 N–H and O–H groups in total. The van der Waals surface area contributed by atoms with Gasteiger partial charge >= 0.3 is 29.7 Å². The summed E-state index contributed by atoms with van der Waals surface area (Å²) in [5.74, 6) is -3.23. The molecule has 0 radical (unpaired) electrons. The van der Waals surface area contributed by atoms with E-state index in [9.17, 15) is 34.4 Å². The van der Waals surface area contributed by atoms with Crippen LogP contribution in [0.25, 0.3) is 0 Å². The molecule has 1 aromatic carbocycles. The van der Waals surface area contributed by atoms with E-state index in [4.69, 9.17) is 23.7 Å². The molecule has 1 fully saturated rings. The van der Waals surface area contributed by atoms with Crippen LogP contribution in [0.1, 0.15) is 19.4 Å². The Morgan fingerprint density at radius 1 is 1.13 bits per heavy atom. The Hall–Kier alpha value is -4.02. The molecule has 1 aromatic rings. The molecule has 3 unspecified atom stereocenters. The maximum atomic E-state index is 12.2. The Bertz CT molecular complexity index is 1060. The molecule has 5 atom stereocenters. The molecule has 39 heavy (non-hydrogen) atoms. The number of likely N-dealkylation sites (N-methyl/N-ethyl adjacent to an activating group) is 1. The van der Waals surface area contributed by atoms with Gasteiger partial charge in [-0.2, -0.15) is 0 Å². The molecule has 1 heterocycles. The maximum Gasteiger partial charge on any atom is 0.407 e. The Kier molecular flexibility index (Phi) is 11.4. The average Bonchev–Trinajstić information content (AvgIpc) is 2.85. The first-order chi connectivity index (χ1) is 18.3. The monoisotopic (exact) mass is 557 g/mol. The number of amides is 1. The van der Waals surface area contributed by atoms with Crippen LogP contribution in [0, 0.1) is 10.1 Å². The fraction of sp³-hybridized carbons (Fsp3) is 0.565. The number of aliphatic hydroxyl groups excluding tert-OH is 1. The number of carbonyl (C=O) groups is 4. The normalized spacial score (nSPS) is 22.4. The molecule has 0 aromatic heterocycles. The Balaban J connectivity index is 2.31. The zero-order valence-electron chi connectivity index (χ0n) is 22.0. The van der Waals surface area contributed by atoms with Gasteiger partial charge in [0.2, 0.25) is 12.4 Å². The first-order valence-corrected chi connectivity index (χ1v) is 11.6. The summed E-state index contributed by atoms with van der Waals surface area (Å²) in [4.78, 5) is 60.4. The first-order valence-electron chi connectivity index (χ1n) is 11.6. The van der Waals surface area contributed by atoms with E-state index < -0.39 is 65.3 Å². The van der Waals surface area contributed by atoms with Crippen LogP contribution >= 0.6 is 0 Å². The number of nitro benzene ring substituents is 1. The number of nitrogens with one attached hydrogen (secondary N) is 1. The second kappa shape index (κ2) is 14.2. The van der Waals surface area contributed by atoms with Crippen molar-refractivity contribution in [2.75, 3.05) is 34.3 Å². The van der Waals surface area contributed by atoms with E-state index in [0.29, 0.717) is 13.1 Å². The van der Waals surface area contributed by atoms with Crippen LogP contribution < -0.4 is 10.1 Å². The van der Waals surface area contributed by atoms with Crippen LogP contribution in [0.2, 0.25) is 0 Å². The van der Waals surface area contributed by atoms with Gasteiger partial charge in [0, 0.05) is 33.0 Å². The highest BCUT2D eigenvalue weighted by molar-refractivity contribution is 5.76. The van der Waals surface area contributed by atoms with Crippen molar-refractivity contribution < 1.29 is 57.6 Å². The van der Waals surface area contributed by atoms with Gasteiger partial charge in [0.05, 0.1) is 12.0 Å². The van der Waals surface area contributed by atoms with Crippen LogP contribution in [0.4, 0.5) is 10.5 Å². The number of ether oxygens (including phenoxy) is 6. The summed E-state index contributed by atoms with van der Waals surface area (Å²) in [6.45, 7) is 2.66. The minimum Gasteiger partial charge on any atom is -0.467 e. The van der Waals surface area contributed by atoms with Gasteiger partial charge in [0.1, 0.15) is 12.7 Å². The Morgan fingerprint density at radius 2 is 1.77 bits per heavy atom. The van der Waals surface area contributed by atoms with Crippen LogP contribution in [-0.2, 0) is 44.7 Å². The summed E-state index contributed by atoms with van der Waals surface area (Å²) in [6, 6.07) is 3.63. The summed E-state index contributed by atoms with van der Waals surface area (Å²) < 4.78 is 31.0. The molecule has 1 amide bonds. The minimum atomic E-state index is -1.83. The summed E-state index contributed by atoms with van der Waals surface area (Å²) in [5.41, 5.74) is -0.336. The largest absolute Gasteiger partial charge is 0.467 e. The smallest absolute Gasteiger partial charge is 0.407 e. The predicted molar refractivity (Wildman–Crippen MR) is 128 cm³/mol. The standard InChI is InChI=1S/C23H31N3O13/c1-12(27)36-18-17(29)19(21(30)34-5)39-22(20(18)37-13(2)28)38-16-7-6-14(10-15(16)26(32)33)11-35-23(31)24-8-9-25(3)4/h6-7,10,17-20,22,29H,8-9,11H2,1-5H3,(H,24,31)/t17?,18-,19?,20?,22-/m0/s1. The maximum absolute atomic E-state index is 12.2. The number of esters is 3. The third kappa shape index (κ3) is 9.05. The van der Waals surface area contributed by atoms with Gasteiger partial charge in [0.15, 0.2) is 18.0 Å². The predicted octanol–water partition coefficient (Wildman–Crippen LogP) is -0.116. The fourth-order valence-electron chi connectivity index (χ4n) is 3.47. The number of methoxy groups -OCH3 is 1. The number of benzene rings is 1. The van der Waals surface area contributed by atoms with Crippen LogP contribution in [-0.4, -0.2) is 104 Å². The molecule has 0 bridgehead atoms. The van der Waals surface area contributed by atoms with Crippen molar-refractivity contribution in [3.8, 4) is 5.75 Å². The second-order valence-electron chi connectivity index (χ2n) is 8.57. The number of alkyl carbamates (subject to hydrolysis) is 1. The van der Waals surface area contributed by atoms with E-state index >= 15 is 0 Å². The Labute approximate surface area is 223 Å². The lowest BCUT2D eigenvalue weighted by atomic mass is 9.98. The van der Waals surface area contributed by atoms with Gasteiger partial charge in [-0.3, -0.25) is 19.7 Å². The SMILES string of the molecule is COC(=O)C1O[C@H](Oc2ccc(COC(=O)NCCN(C)C)cc2[N+](=O)[O-])C(OC(C)=O)[C@@H](OC(C)=O)C1O. The van der Waals surface area contributed by atoms with E-state index in [-0.39, 0.29) is 17.9 Å². The van der Waals surface area contributed by atoms with Gasteiger partial charge in [-0.05, 0) is 25.7 Å². The Morgan fingerprint density at radius 3 is 2.33 bits per heavy atom. The highest BCUT2D eigenvalue weighted by atomic mass is 16.7. The van der Waals surface area contributed by atoms with Crippen molar-refractivity contribution in [2.24, 2.45) is 0 Å².